The van der Waals surface area contributed by atoms with Crippen LogP contribution in [-0.4, -0.2) is 38.7 Å². The lowest BCUT2D eigenvalue weighted by molar-refractivity contribution is -0.113. The highest BCUT2D eigenvalue weighted by atomic mass is 32.2. The van der Waals surface area contributed by atoms with Gasteiger partial charge in [-0.25, -0.2) is 9.97 Å². The summed E-state index contributed by atoms with van der Waals surface area (Å²) in [5.74, 6) is 1.17. The van der Waals surface area contributed by atoms with Crippen LogP contribution in [0.2, 0.25) is 0 Å². The van der Waals surface area contributed by atoms with Crippen molar-refractivity contribution in [3.8, 4) is 11.5 Å². The Balaban J connectivity index is 1.41. The van der Waals surface area contributed by atoms with Crippen LogP contribution in [0.5, 0.6) is 11.5 Å². The van der Waals surface area contributed by atoms with Gasteiger partial charge in [0.05, 0.1) is 19.2 Å². The Morgan fingerprint density at radius 1 is 1.16 bits per heavy atom. The quantitative estimate of drug-likeness (QED) is 0.284. The van der Waals surface area contributed by atoms with Gasteiger partial charge in [-0.1, -0.05) is 42.1 Å². The normalized spacial score (nSPS) is 10.7. The number of rotatable bonds is 8. The van der Waals surface area contributed by atoms with Gasteiger partial charge in [-0.05, 0) is 17.7 Å². The molecule has 0 aliphatic rings. The maximum atomic E-state index is 12.5. The minimum absolute atomic E-state index is 0.109. The predicted molar refractivity (Wildman–Crippen MR) is 119 cm³/mol. The number of aromatic amines is 1. The fourth-order valence-electron chi connectivity index (χ4n) is 2.86. The molecule has 4 aromatic rings. The minimum atomic E-state index is -0.200. The number of imidazole rings is 1. The van der Waals surface area contributed by atoms with Gasteiger partial charge in [-0.15, -0.1) is 0 Å². The zero-order valence-electron chi connectivity index (χ0n) is 16.7. The van der Waals surface area contributed by atoms with Crippen LogP contribution in [0.1, 0.15) is 5.56 Å². The fraction of sp³-hybridized carbons (Fsp3) is 0.143. The summed E-state index contributed by atoms with van der Waals surface area (Å²) in [6.45, 7) is 0.389. The van der Waals surface area contributed by atoms with Gasteiger partial charge in [0.1, 0.15) is 17.1 Å². The Morgan fingerprint density at radius 2 is 2.00 bits per heavy atom. The summed E-state index contributed by atoms with van der Waals surface area (Å²) in [4.78, 5) is 27.7. The lowest BCUT2D eigenvalue weighted by Gasteiger charge is -2.13. The number of nitrogens with one attached hydrogen (secondary N) is 2. The van der Waals surface area contributed by atoms with Crippen molar-refractivity contribution in [3.05, 3.63) is 60.4 Å². The molecule has 0 saturated heterocycles. The van der Waals surface area contributed by atoms with E-state index >= 15 is 0 Å². The molecule has 0 spiro atoms. The first-order chi connectivity index (χ1) is 15.1. The van der Waals surface area contributed by atoms with Crippen molar-refractivity contribution in [1.82, 2.24) is 19.9 Å². The zero-order valence-corrected chi connectivity index (χ0v) is 17.5. The molecule has 0 bridgehead atoms. The second-order valence-corrected chi connectivity index (χ2v) is 7.43. The van der Waals surface area contributed by atoms with Crippen LogP contribution in [0.3, 0.4) is 0 Å². The summed E-state index contributed by atoms with van der Waals surface area (Å²) in [5.41, 5.74) is 8.45. The average Bonchev–Trinajstić information content (AvgIpc) is 3.25. The first kappa shape index (κ1) is 20.5. The number of anilines is 2. The third-order valence-electron chi connectivity index (χ3n) is 4.29. The number of carbonyl (C=O) groups is 1. The number of methoxy groups -OCH3 is 1. The van der Waals surface area contributed by atoms with Crippen molar-refractivity contribution in [2.45, 2.75) is 11.6 Å². The molecule has 0 radical (unpaired) electrons. The van der Waals surface area contributed by atoms with E-state index in [9.17, 15) is 4.79 Å². The molecular formula is C21H20N6O3S. The number of carbonyl (C=O) groups excluding carboxylic acids is 1. The summed E-state index contributed by atoms with van der Waals surface area (Å²) in [6, 6.07) is 15.1. The maximum Gasteiger partial charge on any atom is 0.234 e. The number of amides is 1. The van der Waals surface area contributed by atoms with Crippen LogP contribution >= 0.6 is 11.8 Å². The smallest absolute Gasteiger partial charge is 0.234 e. The summed E-state index contributed by atoms with van der Waals surface area (Å²) in [6.07, 6.45) is 1.51. The second kappa shape index (κ2) is 9.35. The Labute approximate surface area is 182 Å². The molecule has 31 heavy (non-hydrogen) atoms. The zero-order chi connectivity index (χ0) is 21.6. The van der Waals surface area contributed by atoms with Crippen LogP contribution in [0, 0.1) is 0 Å². The van der Waals surface area contributed by atoms with E-state index in [1.165, 1.54) is 18.1 Å². The number of benzene rings is 2. The third-order valence-corrected chi connectivity index (χ3v) is 5.27. The largest absolute Gasteiger partial charge is 0.493 e. The lowest BCUT2D eigenvalue weighted by Crippen LogP contribution is -2.14. The monoisotopic (exact) mass is 436 g/mol. The number of aromatic nitrogens is 4. The topological polar surface area (TPSA) is 128 Å². The van der Waals surface area contributed by atoms with E-state index in [4.69, 9.17) is 15.2 Å². The Kier molecular flexibility index (Phi) is 6.18. The van der Waals surface area contributed by atoms with Crippen LogP contribution < -0.4 is 20.5 Å². The molecule has 4 rings (SSSR count). The van der Waals surface area contributed by atoms with Gasteiger partial charge in [0.25, 0.3) is 0 Å². The second-order valence-electron chi connectivity index (χ2n) is 6.46. The highest BCUT2D eigenvalue weighted by Crippen LogP contribution is 2.31. The molecule has 10 heteroatoms. The fourth-order valence-corrected chi connectivity index (χ4v) is 3.65. The number of nitrogen functional groups attached to an aromatic ring is 1. The highest BCUT2D eigenvalue weighted by molar-refractivity contribution is 8.00. The molecule has 0 aliphatic carbocycles. The van der Waals surface area contributed by atoms with Gasteiger partial charge < -0.3 is 25.5 Å². The van der Waals surface area contributed by atoms with Crippen molar-refractivity contribution in [2.75, 3.05) is 23.9 Å². The Morgan fingerprint density at radius 3 is 2.81 bits per heavy atom. The van der Waals surface area contributed by atoms with E-state index in [-0.39, 0.29) is 17.6 Å². The van der Waals surface area contributed by atoms with Crippen LogP contribution in [-0.2, 0) is 11.4 Å². The van der Waals surface area contributed by atoms with E-state index in [1.54, 1.807) is 25.3 Å². The van der Waals surface area contributed by atoms with E-state index in [2.05, 4.69) is 25.3 Å². The first-order valence-corrected chi connectivity index (χ1v) is 10.3. The number of hydrogen-bond donors (Lipinski definition) is 3. The molecule has 158 valence electrons. The first-order valence-electron chi connectivity index (χ1n) is 9.36. The number of nitrogens with two attached hydrogens (primary N) is 1. The van der Waals surface area contributed by atoms with Crippen LogP contribution in [0.4, 0.5) is 11.6 Å². The van der Waals surface area contributed by atoms with Crippen molar-refractivity contribution in [1.29, 1.82) is 0 Å². The van der Waals surface area contributed by atoms with Crippen LogP contribution in [0.25, 0.3) is 11.2 Å². The standard InChI is InChI=1S/C21H20N6O3S/c1-29-15-8-7-14(9-16(15)30-10-13-5-3-2-4-6-13)25-17(28)11-31-20-18-19(24-12-23-18)26-21(22)27-20/h2-9,12H,10-11H2,1H3,(H,25,28)(H3,22,23,24,26,27). The van der Waals surface area contributed by atoms with Gasteiger partial charge in [0.15, 0.2) is 17.1 Å². The summed E-state index contributed by atoms with van der Waals surface area (Å²) >= 11 is 1.25. The lowest BCUT2D eigenvalue weighted by atomic mass is 10.2. The van der Waals surface area contributed by atoms with E-state index in [1.807, 2.05) is 30.3 Å². The van der Waals surface area contributed by atoms with E-state index in [0.29, 0.717) is 40.0 Å². The molecule has 1 amide bonds. The Hall–Kier alpha value is -3.79. The number of H-pyrrole nitrogens is 1. The summed E-state index contributed by atoms with van der Waals surface area (Å²) < 4.78 is 11.3. The predicted octanol–water partition coefficient (Wildman–Crippen LogP) is 3.25. The average molecular weight is 436 g/mol. The Bertz CT molecular complexity index is 1200. The molecule has 0 unspecified atom stereocenters. The number of fused-ring (bicyclic) bond motifs is 1. The van der Waals surface area contributed by atoms with Gasteiger partial charge in [0.2, 0.25) is 11.9 Å². The number of nitrogens with zero attached hydrogens (tertiary/aromatic N) is 3. The van der Waals surface area contributed by atoms with Crippen molar-refractivity contribution >= 4 is 40.5 Å². The molecular weight excluding hydrogens is 416 g/mol. The van der Waals surface area contributed by atoms with Crippen molar-refractivity contribution in [2.24, 2.45) is 0 Å². The van der Waals surface area contributed by atoms with Crippen LogP contribution in [0.15, 0.2) is 59.9 Å². The number of hydrogen-bond acceptors (Lipinski definition) is 8. The van der Waals surface area contributed by atoms with E-state index in [0.717, 1.165) is 5.56 Å². The molecule has 0 atom stereocenters. The molecule has 9 nitrogen and oxygen atoms in total. The molecule has 0 aliphatic heterocycles. The van der Waals surface area contributed by atoms with Gasteiger partial charge >= 0.3 is 0 Å². The molecule has 0 saturated carbocycles. The number of ether oxygens (including phenoxy) is 2. The van der Waals surface area contributed by atoms with Gasteiger partial charge in [0, 0.05) is 11.8 Å². The van der Waals surface area contributed by atoms with Crippen molar-refractivity contribution < 1.29 is 14.3 Å². The highest BCUT2D eigenvalue weighted by Gasteiger charge is 2.13. The maximum absolute atomic E-state index is 12.5. The number of thioether (sulfide) groups is 1. The summed E-state index contributed by atoms with van der Waals surface area (Å²) in [7, 11) is 1.57. The third kappa shape index (κ3) is 5.04. The molecule has 2 heterocycles. The minimum Gasteiger partial charge on any atom is -0.493 e. The SMILES string of the molecule is COc1ccc(NC(=O)CSc2nc(N)nc3nc[nH]c23)cc1OCc1ccccc1. The molecule has 4 N–H and O–H groups in total. The van der Waals surface area contributed by atoms with E-state index < -0.39 is 0 Å². The van der Waals surface area contributed by atoms with Crippen molar-refractivity contribution in [3.63, 3.8) is 0 Å². The van der Waals surface area contributed by atoms with Gasteiger partial charge in [-0.3, -0.25) is 4.79 Å². The molecule has 0 fully saturated rings. The molecule has 2 aromatic heterocycles. The molecule has 2 aromatic carbocycles. The summed E-state index contributed by atoms with van der Waals surface area (Å²) in [5, 5.41) is 3.43. The van der Waals surface area contributed by atoms with Gasteiger partial charge in [-0.2, -0.15) is 4.98 Å².